The average Bonchev–Trinajstić information content (AvgIpc) is 2.03. The van der Waals surface area contributed by atoms with Crippen molar-refractivity contribution in [3.63, 3.8) is 0 Å². The van der Waals surface area contributed by atoms with E-state index in [4.69, 9.17) is 6.42 Å². The summed E-state index contributed by atoms with van der Waals surface area (Å²) in [5, 5.41) is 0. The van der Waals surface area contributed by atoms with Crippen LogP contribution in [0.2, 0.25) is 0 Å². The molecule has 0 radical (unpaired) electrons. The van der Waals surface area contributed by atoms with Crippen molar-refractivity contribution >= 4 is 5.78 Å². The normalized spacial score (nSPS) is 30.9. The summed E-state index contributed by atoms with van der Waals surface area (Å²) in [4.78, 5) is 11.1. The van der Waals surface area contributed by atoms with Gasteiger partial charge in [0.15, 0.2) is 0 Å². The van der Waals surface area contributed by atoms with Gasteiger partial charge in [-0.25, -0.2) is 0 Å². The Morgan fingerprint density at radius 1 is 1.55 bits per heavy atom. The highest BCUT2D eigenvalue weighted by molar-refractivity contribution is 5.96. The second-order valence-electron chi connectivity index (χ2n) is 3.48. The molecule has 1 aliphatic carbocycles. The molecule has 2 atom stereocenters. The summed E-state index contributed by atoms with van der Waals surface area (Å²) in [6.07, 6.45) is 9.48. The fraction of sp³-hybridized carbons (Fsp3) is 0.700. The van der Waals surface area contributed by atoms with E-state index in [2.05, 4.69) is 12.8 Å². The van der Waals surface area contributed by atoms with E-state index in [-0.39, 0.29) is 11.7 Å². The van der Waals surface area contributed by atoms with E-state index in [0.717, 1.165) is 12.8 Å². The molecule has 2 unspecified atom stereocenters. The molecule has 0 spiro atoms. The summed E-state index contributed by atoms with van der Waals surface area (Å²) in [6, 6.07) is 0. The number of terminal acetylenes is 1. The maximum atomic E-state index is 11.1. The van der Waals surface area contributed by atoms with E-state index in [1.165, 1.54) is 12.8 Å². The Labute approximate surface area is 68.2 Å². The highest BCUT2D eigenvalue weighted by atomic mass is 16.1. The Morgan fingerprint density at radius 2 is 2.27 bits per heavy atom. The van der Waals surface area contributed by atoms with Crippen LogP contribution >= 0.6 is 0 Å². The van der Waals surface area contributed by atoms with Crippen molar-refractivity contribution in [2.45, 2.75) is 32.6 Å². The monoisotopic (exact) mass is 150 g/mol. The predicted octanol–water partition coefficient (Wildman–Crippen LogP) is 2.02. The zero-order chi connectivity index (χ0) is 8.27. The van der Waals surface area contributed by atoms with Gasteiger partial charge >= 0.3 is 0 Å². The zero-order valence-corrected chi connectivity index (χ0v) is 6.97. The van der Waals surface area contributed by atoms with Crippen molar-refractivity contribution in [3.05, 3.63) is 0 Å². The van der Waals surface area contributed by atoms with Crippen LogP contribution < -0.4 is 0 Å². The molecule has 1 rings (SSSR count). The van der Waals surface area contributed by atoms with E-state index in [0.29, 0.717) is 5.92 Å². The van der Waals surface area contributed by atoms with Crippen LogP contribution in [-0.4, -0.2) is 5.78 Å². The van der Waals surface area contributed by atoms with Gasteiger partial charge in [0.1, 0.15) is 0 Å². The largest absolute Gasteiger partial charge is 0.285 e. The minimum Gasteiger partial charge on any atom is -0.285 e. The van der Waals surface area contributed by atoms with Crippen LogP contribution in [0.15, 0.2) is 0 Å². The molecule has 1 saturated carbocycles. The molecule has 0 saturated heterocycles. The van der Waals surface area contributed by atoms with Crippen molar-refractivity contribution in [1.29, 1.82) is 0 Å². The van der Waals surface area contributed by atoms with Gasteiger partial charge in [0.2, 0.25) is 5.78 Å². The van der Waals surface area contributed by atoms with E-state index in [9.17, 15) is 4.79 Å². The second kappa shape index (κ2) is 3.57. The third kappa shape index (κ3) is 2.08. The van der Waals surface area contributed by atoms with Crippen LogP contribution in [0.5, 0.6) is 0 Å². The van der Waals surface area contributed by atoms with Crippen LogP contribution in [0.25, 0.3) is 0 Å². The zero-order valence-electron chi connectivity index (χ0n) is 6.97. The smallest absolute Gasteiger partial charge is 0.208 e. The van der Waals surface area contributed by atoms with Gasteiger partial charge in [0.05, 0.1) is 0 Å². The van der Waals surface area contributed by atoms with Gasteiger partial charge in [-0.3, -0.25) is 4.79 Å². The van der Waals surface area contributed by atoms with E-state index >= 15 is 0 Å². The lowest BCUT2D eigenvalue weighted by atomic mass is 9.80. The quantitative estimate of drug-likeness (QED) is 0.413. The molecular weight excluding hydrogens is 136 g/mol. The number of carbonyl (C=O) groups is 1. The fourth-order valence-corrected chi connectivity index (χ4v) is 1.79. The summed E-state index contributed by atoms with van der Waals surface area (Å²) in [5.74, 6) is 3.08. The molecule has 1 fully saturated rings. The van der Waals surface area contributed by atoms with Gasteiger partial charge in [0.25, 0.3) is 0 Å². The number of hydrogen-bond donors (Lipinski definition) is 0. The maximum Gasteiger partial charge on any atom is 0.208 e. The van der Waals surface area contributed by atoms with E-state index in [1.807, 2.05) is 0 Å². The molecule has 60 valence electrons. The molecule has 0 aliphatic heterocycles. The number of Topliss-reactive ketones (excluding diaryl/α,β-unsaturated/α-hetero) is 1. The first-order chi connectivity index (χ1) is 5.24. The van der Waals surface area contributed by atoms with Crippen LogP contribution in [0.3, 0.4) is 0 Å². The highest BCUT2D eigenvalue weighted by Crippen LogP contribution is 2.28. The van der Waals surface area contributed by atoms with Gasteiger partial charge in [-0.2, -0.15) is 0 Å². The number of hydrogen-bond acceptors (Lipinski definition) is 1. The van der Waals surface area contributed by atoms with Gasteiger partial charge in [-0.15, -0.1) is 6.42 Å². The second-order valence-corrected chi connectivity index (χ2v) is 3.48. The summed E-state index contributed by atoms with van der Waals surface area (Å²) >= 11 is 0. The van der Waals surface area contributed by atoms with E-state index in [1.54, 1.807) is 0 Å². The lowest BCUT2D eigenvalue weighted by Crippen LogP contribution is -2.20. The first-order valence-corrected chi connectivity index (χ1v) is 4.24. The van der Waals surface area contributed by atoms with Crippen LogP contribution in [-0.2, 0) is 4.79 Å². The molecule has 0 bridgehead atoms. The first kappa shape index (κ1) is 8.33. The van der Waals surface area contributed by atoms with Crippen molar-refractivity contribution < 1.29 is 4.79 Å². The SMILES string of the molecule is C#CC(=O)C1CCCC(C)C1. The molecule has 0 aromatic rings. The molecule has 0 aromatic carbocycles. The lowest BCUT2D eigenvalue weighted by molar-refractivity contribution is -0.118. The third-order valence-corrected chi connectivity index (χ3v) is 2.45. The van der Waals surface area contributed by atoms with Crippen molar-refractivity contribution in [2.24, 2.45) is 11.8 Å². The minimum absolute atomic E-state index is 0.0107. The van der Waals surface area contributed by atoms with Gasteiger partial charge in [0, 0.05) is 5.92 Å². The molecule has 0 aromatic heterocycles. The summed E-state index contributed by atoms with van der Waals surface area (Å²) < 4.78 is 0. The average molecular weight is 150 g/mol. The molecule has 1 heteroatoms. The summed E-state index contributed by atoms with van der Waals surface area (Å²) in [5.41, 5.74) is 0. The van der Waals surface area contributed by atoms with Crippen molar-refractivity contribution in [2.75, 3.05) is 0 Å². The fourth-order valence-electron chi connectivity index (χ4n) is 1.79. The Bertz CT molecular complexity index is 188. The van der Waals surface area contributed by atoms with Gasteiger partial charge < -0.3 is 0 Å². The first-order valence-electron chi connectivity index (χ1n) is 4.24. The molecule has 1 nitrogen and oxygen atoms in total. The Morgan fingerprint density at radius 3 is 2.82 bits per heavy atom. The molecule has 11 heavy (non-hydrogen) atoms. The third-order valence-electron chi connectivity index (χ3n) is 2.45. The van der Waals surface area contributed by atoms with Crippen molar-refractivity contribution in [1.82, 2.24) is 0 Å². The topological polar surface area (TPSA) is 17.1 Å². The minimum atomic E-state index is 0.0107. The van der Waals surface area contributed by atoms with E-state index < -0.39 is 0 Å². The molecule has 0 heterocycles. The predicted molar refractivity (Wildman–Crippen MR) is 45.0 cm³/mol. The maximum absolute atomic E-state index is 11.1. The summed E-state index contributed by atoms with van der Waals surface area (Å²) in [7, 11) is 0. The highest BCUT2D eigenvalue weighted by Gasteiger charge is 2.23. The van der Waals surface area contributed by atoms with Crippen LogP contribution in [0, 0.1) is 24.2 Å². The Kier molecular flexibility index (Phi) is 2.70. The van der Waals surface area contributed by atoms with Gasteiger partial charge in [-0.1, -0.05) is 19.8 Å². The number of rotatable bonds is 1. The van der Waals surface area contributed by atoms with Crippen LogP contribution in [0.4, 0.5) is 0 Å². The number of ketones is 1. The molecule has 0 amide bonds. The molecular formula is C10H14O. The van der Waals surface area contributed by atoms with Crippen molar-refractivity contribution in [3.8, 4) is 12.3 Å². The summed E-state index contributed by atoms with van der Waals surface area (Å²) in [6.45, 7) is 2.19. The lowest BCUT2D eigenvalue weighted by Gasteiger charge is -2.23. The Hall–Kier alpha value is -0.770. The number of carbonyl (C=O) groups excluding carboxylic acids is 1. The molecule has 1 aliphatic rings. The van der Waals surface area contributed by atoms with Gasteiger partial charge in [-0.05, 0) is 24.7 Å². The standard InChI is InChI=1S/C10H14O/c1-3-10(11)9-6-4-5-8(2)7-9/h1,8-9H,4-7H2,2H3. The molecule has 0 N–H and O–H groups in total. The van der Waals surface area contributed by atoms with Crippen LogP contribution in [0.1, 0.15) is 32.6 Å². The Balaban J connectivity index is 2.47.